The van der Waals surface area contributed by atoms with Gasteiger partial charge in [-0.25, -0.2) is 0 Å². The van der Waals surface area contributed by atoms with Gasteiger partial charge in [-0.05, 0) is 24.1 Å². The number of carbonyl (C=O) groups is 1. The number of nitrogens with one attached hydrogen (secondary N) is 1. The van der Waals surface area contributed by atoms with Crippen LogP contribution in [0.2, 0.25) is 0 Å². The van der Waals surface area contributed by atoms with E-state index >= 15 is 0 Å². The average Bonchev–Trinajstić information content (AvgIpc) is 2.50. The standard InChI is InChI=1S/C17H20N2O/c1-3-16(20)17(14-7-5-4-6-8-14)19-12-15-10-9-13(2)11-18-15/h4-11,17,19H,3,12H2,1-2H3. The van der Waals surface area contributed by atoms with Crippen molar-refractivity contribution in [3.63, 3.8) is 0 Å². The number of nitrogens with zero attached hydrogens (tertiary/aromatic N) is 1. The molecule has 0 radical (unpaired) electrons. The molecule has 0 aliphatic heterocycles. The number of benzene rings is 1. The summed E-state index contributed by atoms with van der Waals surface area (Å²) in [5, 5.41) is 3.31. The lowest BCUT2D eigenvalue weighted by Gasteiger charge is -2.17. The molecule has 0 amide bonds. The van der Waals surface area contributed by atoms with Crippen molar-refractivity contribution in [2.75, 3.05) is 0 Å². The molecule has 1 heterocycles. The fourth-order valence-corrected chi connectivity index (χ4v) is 2.08. The number of hydrogen-bond acceptors (Lipinski definition) is 3. The van der Waals surface area contributed by atoms with Crippen LogP contribution >= 0.6 is 0 Å². The van der Waals surface area contributed by atoms with E-state index in [1.165, 1.54) is 0 Å². The number of Topliss-reactive ketones (excluding diaryl/α,β-unsaturated/α-hetero) is 1. The molecular formula is C17H20N2O. The minimum Gasteiger partial charge on any atom is -0.298 e. The Bertz CT molecular complexity index is 549. The molecule has 0 bridgehead atoms. The molecule has 2 rings (SSSR count). The van der Waals surface area contributed by atoms with Gasteiger partial charge < -0.3 is 0 Å². The Morgan fingerprint density at radius 1 is 1.20 bits per heavy atom. The third-order valence-corrected chi connectivity index (χ3v) is 3.26. The van der Waals surface area contributed by atoms with Crippen LogP contribution in [0.25, 0.3) is 0 Å². The molecule has 0 aliphatic rings. The minimum atomic E-state index is -0.260. The molecule has 3 heteroatoms. The predicted octanol–water partition coefficient (Wildman–Crippen LogP) is 3.20. The summed E-state index contributed by atoms with van der Waals surface area (Å²) in [5.41, 5.74) is 3.09. The summed E-state index contributed by atoms with van der Waals surface area (Å²) in [6, 6.07) is 13.6. The van der Waals surface area contributed by atoms with E-state index in [1.54, 1.807) is 0 Å². The molecule has 0 saturated heterocycles. The summed E-state index contributed by atoms with van der Waals surface area (Å²) in [5.74, 6) is 0.198. The highest BCUT2D eigenvalue weighted by Crippen LogP contribution is 2.16. The monoisotopic (exact) mass is 268 g/mol. The SMILES string of the molecule is CCC(=O)C(NCc1ccc(C)cn1)c1ccccc1. The number of hydrogen-bond donors (Lipinski definition) is 1. The molecular weight excluding hydrogens is 248 g/mol. The number of aryl methyl sites for hydroxylation is 1. The van der Waals surface area contributed by atoms with E-state index < -0.39 is 0 Å². The van der Waals surface area contributed by atoms with Crippen LogP contribution in [-0.4, -0.2) is 10.8 Å². The van der Waals surface area contributed by atoms with Gasteiger partial charge in [0.25, 0.3) is 0 Å². The predicted molar refractivity (Wildman–Crippen MR) is 80.3 cm³/mol. The zero-order chi connectivity index (χ0) is 14.4. The van der Waals surface area contributed by atoms with Gasteiger partial charge in [0, 0.05) is 19.2 Å². The minimum absolute atomic E-state index is 0.198. The van der Waals surface area contributed by atoms with Crippen LogP contribution in [0, 0.1) is 6.92 Å². The molecule has 1 atom stereocenters. The molecule has 0 aliphatic carbocycles. The number of ketones is 1. The van der Waals surface area contributed by atoms with Gasteiger partial charge in [-0.2, -0.15) is 0 Å². The van der Waals surface area contributed by atoms with Gasteiger partial charge in [0.1, 0.15) is 0 Å². The van der Waals surface area contributed by atoms with E-state index in [4.69, 9.17) is 0 Å². The van der Waals surface area contributed by atoms with Crippen LogP contribution in [-0.2, 0) is 11.3 Å². The van der Waals surface area contributed by atoms with Gasteiger partial charge >= 0.3 is 0 Å². The fraction of sp³-hybridized carbons (Fsp3) is 0.294. The lowest BCUT2D eigenvalue weighted by molar-refractivity contribution is -0.121. The molecule has 1 aromatic carbocycles. The Morgan fingerprint density at radius 3 is 2.55 bits per heavy atom. The van der Waals surface area contributed by atoms with Gasteiger partial charge in [-0.15, -0.1) is 0 Å². The first-order valence-corrected chi connectivity index (χ1v) is 6.93. The van der Waals surface area contributed by atoms with Gasteiger partial charge in [-0.3, -0.25) is 15.1 Å². The quantitative estimate of drug-likeness (QED) is 0.874. The van der Waals surface area contributed by atoms with Crippen LogP contribution in [0.1, 0.15) is 36.2 Å². The lowest BCUT2D eigenvalue weighted by Crippen LogP contribution is -2.28. The number of aromatic nitrogens is 1. The summed E-state index contributed by atoms with van der Waals surface area (Å²) in [6.45, 7) is 4.49. The summed E-state index contributed by atoms with van der Waals surface area (Å²) in [7, 11) is 0. The highest BCUT2D eigenvalue weighted by molar-refractivity contribution is 5.85. The lowest BCUT2D eigenvalue weighted by atomic mass is 10.0. The third kappa shape index (κ3) is 3.75. The van der Waals surface area contributed by atoms with Crippen LogP contribution in [0.5, 0.6) is 0 Å². The van der Waals surface area contributed by atoms with Crippen molar-refractivity contribution in [3.05, 3.63) is 65.5 Å². The van der Waals surface area contributed by atoms with Crippen molar-refractivity contribution in [2.45, 2.75) is 32.9 Å². The summed E-state index contributed by atoms with van der Waals surface area (Å²) in [6.07, 6.45) is 2.37. The van der Waals surface area contributed by atoms with E-state index in [0.717, 1.165) is 16.8 Å². The van der Waals surface area contributed by atoms with Gasteiger partial charge in [0.15, 0.2) is 5.78 Å². The Kier molecular flexibility index (Phi) is 5.02. The van der Waals surface area contributed by atoms with Gasteiger partial charge in [-0.1, -0.05) is 43.3 Å². The molecule has 0 spiro atoms. The summed E-state index contributed by atoms with van der Waals surface area (Å²) >= 11 is 0. The number of carbonyl (C=O) groups excluding carboxylic acids is 1. The summed E-state index contributed by atoms with van der Waals surface area (Å²) < 4.78 is 0. The zero-order valence-corrected chi connectivity index (χ0v) is 12.0. The molecule has 1 N–H and O–H groups in total. The van der Waals surface area contributed by atoms with E-state index in [0.29, 0.717) is 13.0 Å². The average molecular weight is 268 g/mol. The summed E-state index contributed by atoms with van der Waals surface area (Å²) in [4.78, 5) is 16.5. The van der Waals surface area contributed by atoms with Crippen LogP contribution < -0.4 is 5.32 Å². The second-order valence-corrected chi connectivity index (χ2v) is 4.87. The molecule has 104 valence electrons. The van der Waals surface area contributed by atoms with Crippen molar-refractivity contribution >= 4 is 5.78 Å². The zero-order valence-electron chi connectivity index (χ0n) is 12.0. The maximum atomic E-state index is 12.1. The van der Waals surface area contributed by atoms with Crippen LogP contribution in [0.15, 0.2) is 48.7 Å². The number of rotatable bonds is 6. The van der Waals surface area contributed by atoms with E-state index in [2.05, 4.69) is 10.3 Å². The van der Waals surface area contributed by atoms with Crippen molar-refractivity contribution in [1.29, 1.82) is 0 Å². The number of pyridine rings is 1. The van der Waals surface area contributed by atoms with Crippen molar-refractivity contribution in [1.82, 2.24) is 10.3 Å². The molecule has 1 aromatic heterocycles. The Hall–Kier alpha value is -2.00. The molecule has 0 saturated carbocycles. The van der Waals surface area contributed by atoms with Gasteiger partial charge in [0.05, 0.1) is 11.7 Å². The first-order valence-electron chi connectivity index (χ1n) is 6.93. The Morgan fingerprint density at radius 2 is 1.95 bits per heavy atom. The van der Waals surface area contributed by atoms with E-state index in [1.807, 2.05) is 62.5 Å². The smallest absolute Gasteiger partial charge is 0.154 e. The molecule has 2 aromatic rings. The van der Waals surface area contributed by atoms with Crippen molar-refractivity contribution in [3.8, 4) is 0 Å². The van der Waals surface area contributed by atoms with Gasteiger partial charge in [0.2, 0.25) is 0 Å². The largest absolute Gasteiger partial charge is 0.298 e. The Labute approximate surface area is 120 Å². The topological polar surface area (TPSA) is 42.0 Å². The highest BCUT2D eigenvalue weighted by atomic mass is 16.1. The molecule has 1 unspecified atom stereocenters. The van der Waals surface area contributed by atoms with E-state index in [9.17, 15) is 4.79 Å². The maximum absolute atomic E-state index is 12.1. The molecule has 3 nitrogen and oxygen atoms in total. The highest BCUT2D eigenvalue weighted by Gasteiger charge is 2.17. The molecule has 0 fully saturated rings. The second-order valence-electron chi connectivity index (χ2n) is 4.87. The first kappa shape index (κ1) is 14.4. The maximum Gasteiger partial charge on any atom is 0.154 e. The molecule has 20 heavy (non-hydrogen) atoms. The van der Waals surface area contributed by atoms with Crippen LogP contribution in [0.3, 0.4) is 0 Å². The van der Waals surface area contributed by atoms with Crippen molar-refractivity contribution < 1.29 is 4.79 Å². The van der Waals surface area contributed by atoms with E-state index in [-0.39, 0.29) is 11.8 Å². The van der Waals surface area contributed by atoms with Crippen molar-refractivity contribution in [2.24, 2.45) is 0 Å². The van der Waals surface area contributed by atoms with Crippen LogP contribution in [0.4, 0.5) is 0 Å². The third-order valence-electron chi connectivity index (χ3n) is 3.26. The first-order chi connectivity index (χ1) is 9.70. The fourth-order valence-electron chi connectivity index (χ4n) is 2.08. The second kappa shape index (κ2) is 6.96. The normalized spacial score (nSPS) is 12.1. The Balaban J connectivity index is 2.09.